The molecule has 238 valence electrons. The predicted molar refractivity (Wildman–Crippen MR) is 211 cm³/mol. The molecule has 4 heteroatoms. The van der Waals surface area contributed by atoms with Crippen molar-refractivity contribution in [3.63, 3.8) is 0 Å². The predicted octanol–water partition coefficient (Wildman–Crippen LogP) is 11.9. The fraction of sp³-hybridized carbons (Fsp3) is 0. The molecule has 2 heterocycles. The maximum atomic E-state index is 5.19. The van der Waals surface area contributed by atoms with E-state index in [9.17, 15) is 0 Å². The normalized spacial score (nSPS) is 11.5. The van der Waals surface area contributed by atoms with Crippen LogP contribution in [0.5, 0.6) is 0 Å². The smallest absolute Gasteiger partial charge is 0.164 e. The van der Waals surface area contributed by atoms with Crippen LogP contribution in [0, 0.1) is 0 Å². The van der Waals surface area contributed by atoms with E-state index in [0.717, 1.165) is 49.7 Å². The standard InChI is InChI=1S/C47H30N4/c1-2-13-34(14-3-1)45-48-46(35-24-21-33(22-25-35)38-26-23-31-11-4-6-15-36(31)29-38)50-47(49-45)41-18-10-20-43-44(41)40-17-8-9-19-42(40)51(43)39-28-27-32-12-5-7-16-37(32)30-39/h1-30H. The van der Waals surface area contributed by atoms with E-state index in [4.69, 9.17) is 15.0 Å². The zero-order valence-electron chi connectivity index (χ0n) is 27.6. The second-order valence-electron chi connectivity index (χ2n) is 12.9. The van der Waals surface area contributed by atoms with Crippen LogP contribution in [0.1, 0.15) is 0 Å². The van der Waals surface area contributed by atoms with Gasteiger partial charge in [-0.05, 0) is 63.0 Å². The Labute approximate surface area is 295 Å². The van der Waals surface area contributed by atoms with Crippen molar-refractivity contribution in [1.82, 2.24) is 19.5 Å². The summed E-state index contributed by atoms with van der Waals surface area (Å²) in [5.74, 6) is 1.92. The molecule has 0 amide bonds. The number of fused-ring (bicyclic) bond motifs is 5. The molecule has 4 nitrogen and oxygen atoms in total. The first kappa shape index (κ1) is 29.0. The molecule has 0 radical (unpaired) electrons. The molecule has 10 aromatic rings. The molecule has 0 unspecified atom stereocenters. The third kappa shape index (κ3) is 5.04. The minimum absolute atomic E-state index is 0.638. The minimum atomic E-state index is 0.638. The first-order valence-corrected chi connectivity index (χ1v) is 17.2. The van der Waals surface area contributed by atoms with Crippen LogP contribution >= 0.6 is 0 Å². The van der Waals surface area contributed by atoms with Crippen LogP contribution in [0.25, 0.3) is 94.3 Å². The highest BCUT2D eigenvalue weighted by atomic mass is 15.0. The fourth-order valence-corrected chi connectivity index (χ4v) is 7.32. The van der Waals surface area contributed by atoms with Gasteiger partial charge in [0.2, 0.25) is 0 Å². The van der Waals surface area contributed by atoms with Gasteiger partial charge in [-0.25, -0.2) is 15.0 Å². The molecular formula is C47H30N4. The molecule has 0 saturated carbocycles. The van der Waals surface area contributed by atoms with Gasteiger partial charge < -0.3 is 4.57 Å². The van der Waals surface area contributed by atoms with Gasteiger partial charge in [-0.2, -0.15) is 0 Å². The zero-order valence-corrected chi connectivity index (χ0v) is 27.6. The van der Waals surface area contributed by atoms with Crippen molar-refractivity contribution in [3.8, 4) is 51.0 Å². The first-order chi connectivity index (χ1) is 25.3. The SMILES string of the molecule is c1ccc(-c2nc(-c3ccc(-c4ccc5ccccc5c4)cc3)nc(-c3cccc4c3c3ccccc3n4-c3ccc4ccccc4c3)n2)cc1. The topological polar surface area (TPSA) is 43.6 Å². The number of rotatable bonds is 5. The summed E-state index contributed by atoms with van der Waals surface area (Å²) in [6.07, 6.45) is 0. The largest absolute Gasteiger partial charge is 0.309 e. The Morgan fingerprint density at radius 1 is 0.333 bits per heavy atom. The molecule has 0 atom stereocenters. The number of benzene rings is 8. The molecule has 0 saturated heterocycles. The molecule has 0 aliphatic heterocycles. The Kier molecular flexibility index (Phi) is 6.78. The monoisotopic (exact) mass is 650 g/mol. The van der Waals surface area contributed by atoms with Gasteiger partial charge in [-0.15, -0.1) is 0 Å². The number of nitrogens with zero attached hydrogens (tertiary/aromatic N) is 4. The van der Waals surface area contributed by atoms with E-state index in [1.807, 2.05) is 18.2 Å². The summed E-state index contributed by atoms with van der Waals surface area (Å²) >= 11 is 0. The van der Waals surface area contributed by atoms with E-state index in [1.54, 1.807) is 0 Å². The Morgan fingerprint density at radius 3 is 1.65 bits per heavy atom. The average molecular weight is 651 g/mol. The summed E-state index contributed by atoms with van der Waals surface area (Å²) < 4.78 is 2.35. The molecule has 8 aromatic carbocycles. The van der Waals surface area contributed by atoms with Gasteiger partial charge in [0.1, 0.15) is 0 Å². The molecule has 0 bridgehead atoms. The van der Waals surface area contributed by atoms with Gasteiger partial charge in [0.25, 0.3) is 0 Å². The van der Waals surface area contributed by atoms with E-state index in [2.05, 4.69) is 168 Å². The Hall–Kier alpha value is -6.91. The molecule has 51 heavy (non-hydrogen) atoms. The third-order valence-corrected chi connectivity index (χ3v) is 9.82. The van der Waals surface area contributed by atoms with Crippen molar-refractivity contribution in [2.75, 3.05) is 0 Å². The Bertz CT molecular complexity index is 2910. The van der Waals surface area contributed by atoms with Gasteiger partial charge >= 0.3 is 0 Å². The van der Waals surface area contributed by atoms with Crippen LogP contribution in [0.15, 0.2) is 182 Å². The van der Waals surface area contributed by atoms with Crippen molar-refractivity contribution in [2.24, 2.45) is 0 Å². The molecule has 0 spiro atoms. The number of hydrogen-bond donors (Lipinski definition) is 0. The fourth-order valence-electron chi connectivity index (χ4n) is 7.32. The summed E-state index contributed by atoms with van der Waals surface area (Å²) in [6.45, 7) is 0. The highest BCUT2D eigenvalue weighted by molar-refractivity contribution is 6.15. The van der Waals surface area contributed by atoms with E-state index >= 15 is 0 Å². The Morgan fingerprint density at radius 2 is 0.882 bits per heavy atom. The Balaban J connectivity index is 1.15. The third-order valence-electron chi connectivity index (χ3n) is 9.82. The van der Waals surface area contributed by atoms with Crippen LogP contribution in [0.3, 0.4) is 0 Å². The summed E-state index contributed by atoms with van der Waals surface area (Å²) in [6, 6.07) is 64.0. The molecule has 0 fully saturated rings. The first-order valence-electron chi connectivity index (χ1n) is 17.2. The second-order valence-corrected chi connectivity index (χ2v) is 12.9. The van der Waals surface area contributed by atoms with Gasteiger partial charge in [-0.3, -0.25) is 0 Å². The lowest BCUT2D eigenvalue weighted by Gasteiger charge is -2.11. The highest BCUT2D eigenvalue weighted by Crippen LogP contribution is 2.39. The lowest BCUT2D eigenvalue weighted by molar-refractivity contribution is 1.08. The van der Waals surface area contributed by atoms with Crippen molar-refractivity contribution >= 4 is 43.4 Å². The summed E-state index contributed by atoms with van der Waals surface area (Å²) in [7, 11) is 0. The van der Waals surface area contributed by atoms with Crippen molar-refractivity contribution in [1.29, 1.82) is 0 Å². The molecular weight excluding hydrogens is 621 g/mol. The van der Waals surface area contributed by atoms with Crippen molar-refractivity contribution in [3.05, 3.63) is 182 Å². The van der Waals surface area contributed by atoms with Crippen LogP contribution in [-0.2, 0) is 0 Å². The van der Waals surface area contributed by atoms with E-state index in [0.29, 0.717) is 17.5 Å². The van der Waals surface area contributed by atoms with Gasteiger partial charge in [0.05, 0.1) is 11.0 Å². The van der Waals surface area contributed by atoms with E-state index in [-0.39, 0.29) is 0 Å². The van der Waals surface area contributed by atoms with Crippen LogP contribution < -0.4 is 0 Å². The quantitative estimate of drug-likeness (QED) is 0.186. The van der Waals surface area contributed by atoms with Crippen LogP contribution in [0.2, 0.25) is 0 Å². The van der Waals surface area contributed by atoms with Crippen LogP contribution in [0.4, 0.5) is 0 Å². The van der Waals surface area contributed by atoms with Gasteiger partial charge in [-0.1, -0.05) is 152 Å². The molecule has 0 aliphatic carbocycles. The van der Waals surface area contributed by atoms with Crippen molar-refractivity contribution in [2.45, 2.75) is 0 Å². The number of aromatic nitrogens is 4. The number of hydrogen-bond acceptors (Lipinski definition) is 3. The lowest BCUT2D eigenvalue weighted by Crippen LogP contribution is -2.00. The second kappa shape index (κ2) is 11.9. The van der Waals surface area contributed by atoms with Crippen molar-refractivity contribution < 1.29 is 0 Å². The zero-order chi connectivity index (χ0) is 33.7. The van der Waals surface area contributed by atoms with Gasteiger partial charge in [0, 0.05) is 33.2 Å². The maximum Gasteiger partial charge on any atom is 0.164 e. The maximum absolute atomic E-state index is 5.19. The molecule has 10 rings (SSSR count). The summed E-state index contributed by atoms with van der Waals surface area (Å²) in [5, 5.41) is 7.16. The summed E-state index contributed by atoms with van der Waals surface area (Å²) in [4.78, 5) is 15.4. The average Bonchev–Trinajstić information content (AvgIpc) is 3.55. The summed E-state index contributed by atoms with van der Waals surface area (Å²) in [5.41, 5.74) is 8.53. The van der Waals surface area contributed by atoms with E-state index < -0.39 is 0 Å². The lowest BCUT2D eigenvalue weighted by atomic mass is 10.00. The molecule has 0 N–H and O–H groups in total. The van der Waals surface area contributed by atoms with E-state index in [1.165, 1.54) is 27.1 Å². The van der Waals surface area contributed by atoms with Crippen LogP contribution in [-0.4, -0.2) is 19.5 Å². The molecule has 0 aliphatic rings. The minimum Gasteiger partial charge on any atom is -0.309 e. The van der Waals surface area contributed by atoms with Gasteiger partial charge in [0.15, 0.2) is 17.5 Å². The number of para-hydroxylation sites is 1. The highest BCUT2D eigenvalue weighted by Gasteiger charge is 2.19. The molecule has 2 aromatic heterocycles.